The van der Waals surface area contributed by atoms with Crippen LogP contribution < -0.4 is 4.74 Å². The van der Waals surface area contributed by atoms with Crippen molar-refractivity contribution in [3.8, 4) is 5.88 Å². The average molecular weight is 283 g/mol. The lowest BCUT2D eigenvalue weighted by atomic mass is 9.96. The summed E-state index contributed by atoms with van der Waals surface area (Å²) >= 11 is 0. The van der Waals surface area contributed by atoms with E-state index in [9.17, 15) is 0 Å². The lowest BCUT2D eigenvalue weighted by Crippen LogP contribution is -2.13. The number of aromatic nitrogens is 3. The number of hydrogen-bond acceptors (Lipinski definition) is 3. The average Bonchev–Trinajstić information content (AvgIpc) is 2.83. The van der Waals surface area contributed by atoms with Crippen molar-refractivity contribution in [2.75, 3.05) is 0 Å². The van der Waals surface area contributed by atoms with Crippen LogP contribution in [0.2, 0.25) is 0 Å². The van der Waals surface area contributed by atoms with Crippen LogP contribution in [0.4, 0.5) is 0 Å². The van der Waals surface area contributed by atoms with Crippen molar-refractivity contribution < 1.29 is 4.74 Å². The van der Waals surface area contributed by atoms with Gasteiger partial charge in [0.15, 0.2) is 0 Å². The van der Waals surface area contributed by atoms with Crippen LogP contribution in [0, 0.1) is 0 Å². The number of para-hydroxylation sites is 1. The van der Waals surface area contributed by atoms with E-state index in [1.165, 1.54) is 0 Å². The Morgan fingerprint density at radius 2 is 1.81 bits per heavy atom. The first kappa shape index (κ1) is 13.9. The molecule has 3 aromatic rings. The van der Waals surface area contributed by atoms with E-state index in [2.05, 4.69) is 36.8 Å². The summed E-state index contributed by atoms with van der Waals surface area (Å²) in [5.41, 5.74) is 2.68. The van der Waals surface area contributed by atoms with E-state index >= 15 is 0 Å². The highest BCUT2D eigenvalue weighted by Crippen LogP contribution is 2.32. The molecule has 0 spiro atoms. The molecule has 0 saturated carbocycles. The van der Waals surface area contributed by atoms with Crippen molar-refractivity contribution in [1.82, 2.24) is 15.0 Å². The molecule has 110 valence electrons. The molecule has 2 aromatic heterocycles. The van der Waals surface area contributed by atoms with Crippen LogP contribution in [0.15, 0.2) is 24.3 Å². The van der Waals surface area contributed by atoms with Gasteiger partial charge < -0.3 is 9.72 Å². The molecular weight excluding hydrogens is 262 g/mol. The molecule has 1 N–H and O–H groups in total. The molecular formula is C17H21N3O. The zero-order valence-corrected chi connectivity index (χ0v) is 13.2. The minimum Gasteiger partial charge on any atom is -0.473 e. The summed E-state index contributed by atoms with van der Waals surface area (Å²) in [5.74, 6) is 1.57. The Kier molecular flexibility index (Phi) is 3.12. The van der Waals surface area contributed by atoms with Gasteiger partial charge in [0.25, 0.3) is 0 Å². The van der Waals surface area contributed by atoms with Crippen molar-refractivity contribution >= 4 is 21.9 Å². The third kappa shape index (κ3) is 2.46. The van der Waals surface area contributed by atoms with Gasteiger partial charge in [0.05, 0.1) is 11.6 Å². The summed E-state index contributed by atoms with van der Waals surface area (Å²) in [6, 6.07) is 8.04. The predicted molar refractivity (Wildman–Crippen MR) is 85.9 cm³/mol. The molecule has 0 radical (unpaired) electrons. The van der Waals surface area contributed by atoms with Gasteiger partial charge in [0, 0.05) is 10.8 Å². The number of rotatable bonds is 2. The normalized spacial score (nSPS) is 12.5. The van der Waals surface area contributed by atoms with Gasteiger partial charge in [0.2, 0.25) is 5.88 Å². The van der Waals surface area contributed by atoms with Crippen molar-refractivity contribution in [2.24, 2.45) is 0 Å². The second-order valence-corrected chi connectivity index (χ2v) is 6.66. The maximum absolute atomic E-state index is 5.88. The molecule has 1 aromatic carbocycles. The molecule has 0 aliphatic carbocycles. The highest BCUT2D eigenvalue weighted by atomic mass is 16.5. The van der Waals surface area contributed by atoms with Crippen molar-refractivity contribution in [3.63, 3.8) is 0 Å². The number of aromatic amines is 1. The zero-order chi connectivity index (χ0) is 15.2. The molecule has 21 heavy (non-hydrogen) atoms. The van der Waals surface area contributed by atoms with Crippen molar-refractivity contribution in [2.45, 2.75) is 46.1 Å². The number of imidazole rings is 1. The number of ether oxygens (including phenoxy) is 1. The summed E-state index contributed by atoms with van der Waals surface area (Å²) in [4.78, 5) is 12.9. The van der Waals surface area contributed by atoms with E-state index < -0.39 is 0 Å². The third-order valence-corrected chi connectivity index (χ3v) is 3.36. The molecule has 0 atom stereocenters. The third-order valence-electron chi connectivity index (χ3n) is 3.36. The predicted octanol–water partition coefficient (Wildman–Crippen LogP) is 4.20. The van der Waals surface area contributed by atoms with Crippen molar-refractivity contribution in [3.05, 3.63) is 30.1 Å². The molecule has 3 rings (SSSR count). The van der Waals surface area contributed by atoms with Crippen LogP contribution in [-0.2, 0) is 5.41 Å². The Balaban J connectivity index is 2.36. The van der Waals surface area contributed by atoms with Crippen LogP contribution >= 0.6 is 0 Å². The van der Waals surface area contributed by atoms with Gasteiger partial charge in [-0.2, -0.15) is 0 Å². The molecule has 0 aliphatic heterocycles. The van der Waals surface area contributed by atoms with Gasteiger partial charge in [-0.05, 0) is 19.9 Å². The number of benzene rings is 1. The SMILES string of the molecule is CC(C)Oc1nc2ccccc2c2nc(C(C)(C)C)[nH]c12. The van der Waals surface area contributed by atoms with Crippen LogP contribution in [0.1, 0.15) is 40.4 Å². The second kappa shape index (κ2) is 4.72. The van der Waals surface area contributed by atoms with Crippen LogP contribution in [0.3, 0.4) is 0 Å². The lowest BCUT2D eigenvalue weighted by molar-refractivity contribution is 0.236. The molecule has 0 amide bonds. The summed E-state index contributed by atoms with van der Waals surface area (Å²) in [5, 5.41) is 1.05. The first-order valence-electron chi connectivity index (χ1n) is 7.32. The number of nitrogens with zero attached hydrogens (tertiary/aromatic N) is 2. The smallest absolute Gasteiger partial charge is 0.240 e. The Hall–Kier alpha value is -2.10. The number of H-pyrrole nitrogens is 1. The fraction of sp³-hybridized carbons (Fsp3) is 0.412. The fourth-order valence-corrected chi connectivity index (χ4v) is 2.32. The number of hydrogen-bond donors (Lipinski definition) is 1. The Morgan fingerprint density at radius 1 is 1.10 bits per heavy atom. The molecule has 0 saturated heterocycles. The van der Waals surface area contributed by atoms with Gasteiger partial charge in [-0.3, -0.25) is 0 Å². The topological polar surface area (TPSA) is 50.8 Å². The van der Waals surface area contributed by atoms with E-state index in [-0.39, 0.29) is 11.5 Å². The molecule has 4 nitrogen and oxygen atoms in total. The second-order valence-electron chi connectivity index (χ2n) is 6.66. The van der Waals surface area contributed by atoms with Gasteiger partial charge in [-0.25, -0.2) is 9.97 Å². The molecule has 2 heterocycles. The standard InChI is InChI=1S/C17H21N3O/c1-10(2)21-15-14-13(19-16(20-14)17(3,4)5)11-8-6-7-9-12(11)18-15/h6-10H,1-5H3,(H,19,20). The maximum Gasteiger partial charge on any atom is 0.240 e. The number of pyridine rings is 1. The van der Waals surface area contributed by atoms with E-state index in [4.69, 9.17) is 9.72 Å². The molecule has 0 fully saturated rings. The zero-order valence-electron chi connectivity index (χ0n) is 13.2. The molecule has 0 bridgehead atoms. The fourth-order valence-electron chi connectivity index (χ4n) is 2.32. The highest BCUT2D eigenvalue weighted by molar-refractivity contribution is 6.04. The number of fused-ring (bicyclic) bond motifs is 3. The monoisotopic (exact) mass is 283 g/mol. The highest BCUT2D eigenvalue weighted by Gasteiger charge is 2.22. The molecule has 4 heteroatoms. The summed E-state index contributed by atoms with van der Waals surface area (Å²) in [6.45, 7) is 10.4. The van der Waals surface area contributed by atoms with Gasteiger partial charge >= 0.3 is 0 Å². The van der Waals surface area contributed by atoms with E-state index in [1.807, 2.05) is 32.0 Å². The van der Waals surface area contributed by atoms with Gasteiger partial charge in [0.1, 0.15) is 16.9 Å². The molecule has 0 unspecified atom stereocenters. The van der Waals surface area contributed by atoms with Gasteiger partial charge in [-0.1, -0.05) is 39.0 Å². The number of nitrogens with one attached hydrogen (secondary N) is 1. The van der Waals surface area contributed by atoms with Crippen LogP contribution in [-0.4, -0.2) is 21.1 Å². The van der Waals surface area contributed by atoms with Crippen molar-refractivity contribution in [1.29, 1.82) is 0 Å². The maximum atomic E-state index is 5.88. The van der Waals surface area contributed by atoms with Crippen LogP contribution in [0.5, 0.6) is 5.88 Å². The minimum absolute atomic E-state index is 0.0464. The van der Waals surface area contributed by atoms with E-state index in [0.717, 1.165) is 27.8 Å². The Labute approximate surface area is 124 Å². The summed E-state index contributed by atoms with van der Waals surface area (Å²) < 4.78 is 5.88. The first-order chi connectivity index (χ1) is 9.86. The minimum atomic E-state index is -0.0464. The van der Waals surface area contributed by atoms with Crippen LogP contribution in [0.25, 0.3) is 21.9 Å². The Bertz CT molecular complexity index is 797. The lowest BCUT2D eigenvalue weighted by Gasteiger charge is -2.13. The largest absolute Gasteiger partial charge is 0.473 e. The summed E-state index contributed by atoms with van der Waals surface area (Å²) in [6.07, 6.45) is 0.0725. The Morgan fingerprint density at radius 3 is 2.48 bits per heavy atom. The first-order valence-corrected chi connectivity index (χ1v) is 7.32. The summed E-state index contributed by atoms with van der Waals surface area (Å²) in [7, 11) is 0. The van der Waals surface area contributed by atoms with E-state index in [1.54, 1.807) is 0 Å². The van der Waals surface area contributed by atoms with Gasteiger partial charge in [-0.15, -0.1) is 0 Å². The quantitative estimate of drug-likeness (QED) is 0.767. The molecule has 0 aliphatic rings. The van der Waals surface area contributed by atoms with E-state index in [0.29, 0.717) is 5.88 Å².